The molecular formula is C17H20ClNO. The van der Waals surface area contributed by atoms with Crippen LogP contribution in [-0.2, 0) is 10.2 Å². The molecule has 0 spiro atoms. The van der Waals surface area contributed by atoms with Gasteiger partial charge in [-0.1, -0.05) is 30.3 Å². The number of carbonyl (C=O) groups excluding carboxylic acids is 1. The molecule has 5 atom stereocenters. The number of alkyl halides is 1. The highest BCUT2D eigenvalue weighted by Gasteiger charge is 2.69. The fourth-order valence-electron chi connectivity index (χ4n) is 5.77. The number of nitrogens with two attached hydrogens (primary N) is 1. The fourth-order valence-corrected chi connectivity index (χ4v) is 6.24. The minimum atomic E-state index is -0.279. The van der Waals surface area contributed by atoms with E-state index in [1.54, 1.807) is 0 Å². The van der Waals surface area contributed by atoms with E-state index in [1.165, 1.54) is 12.0 Å². The molecule has 1 aromatic carbocycles. The van der Waals surface area contributed by atoms with Crippen molar-refractivity contribution in [1.29, 1.82) is 0 Å². The lowest BCUT2D eigenvalue weighted by atomic mass is 9.62. The highest BCUT2D eigenvalue weighted by atomic mass is 35.5. The largest absolute Gasteiger partial charge is 0.369 e. The van der Waals surface area contributed by atoms with Crippen molar-refractivity contribution in [2.45, 2.75) is 31.1 Å². The number of hydrogen-bond acceptors (Lipinski definition) is 1. The Labute approximate surface area is 124 Å². The molecule has 2 nitrogen and oxygen atoms in total. The summed E-state index contributed by atoms with van der Waals surface area (Å²) >= 11 is 6.20. The van der Waals surface area contributed by atoms with Gasteiger partial charge in [0.05, 0.1) is 5.41 Å². The number of hydrogen-bond donors (Lipinski definition) is 1. The van der Waals surface area contributed by atoms with Gasteiger partial charge in [0.15, 0.2) is 0 Å². The Morgan fingerprint density at radius 3 is 2.65 bits per heavy atom. The maximum Gasteiger partial charge on any atom is 0.223 e. The Bertz CT molecular complexity index is 559. The standard InChI is InChI=1S/C17H20ClNO/c18-9-13-11-6-16(12-4-2-1-3-5-12)8-14(13)17(7-11,10-16)15(19)20/h1-5,11,13-14H,6-10H2,(H2,19,20). The molecule has 0 aliphatic heterocycles. The van der Waals surface area contributed by atoms with Crippen LogP contribution in [0, 0.1) is 23.2 Å². The zero-order valence-electron chi connectivity index (χ0n) is 11.5. The minimum absolute atomic E-state index is 0.0855. The zero-order chi connectivity index (χ0) is 14.0. The first-order valence-electron chi connectivity index (χ1n) is 7.53. The third-order valence-corrected chi connectivity index (χ3v) is 6.79. The van der Waals surface area contributed by atoms with E-state index in [0.29, 0.717) is 23.6 Å². The Morgan fingerprint density at radius 1 is 1.25 bits per heavy atom. The molecule has 3 heteroatoms. The molecule has 20 heavy (non-hydrogen) atoms. The van der Waals surface area contributed by atoms with Gasteiger partial charge in [0.1, 0.15) is 0 Å². The molecule has 0 aromatic heterocycles. The zero-order valence-corrected chi connectivity index (χ0v) is 12.3. The van der Waals surface area contributed by atoms with E-state index in [1.807, 2.05) is 0 Å². The first-order chi connectivity index (χ1) is 9.61. The van der Waals surface area contributed by atoms with Crippen LogP contribution in [0.5, 0.6) is 0 Å². The Balaban J connectivity index is 1.81. The van der Waals surface area contributed by atoms with Crippen molar-refractivity contribution in [3.63, 3.8) is 0 Å². The van der Waals surface area contributed by atoms with Crippen molar-refractivity contribution in [2.24, 2.45) is 28.9 Å². The van der Waals surface area contributed by atoms with Gasteiger partial charge in [-0.25, -0.2) is 0 Å². The Kier molecular flexibility index (Phi) is 2.54. The summed E-state index contributed by atoms with van der Waals surface area (Å²) in [7, 11) is 0. The average Bonchev–Trinajstić information content (AvgIpc) is 2.83. The molecule has 5 rings (SSSR count). The van der Waals surface area contributed by atoms with Gasteiger partial charge in [-0.05, 0) is 54.4 Å². The number of halogens is 1. The number of rotatable bonds is 3. The third-order valence-electron chi connectivity index (χ3n) is 6.43. The lowest BCUT2D eigenvalue weighted by molar-refractivity contribution is -0.129. The van der Waals surface area contributed by atoms with Crippen LogP contribution in [0.3, 0.4) is 0 Å². The maximum absolute atomic E-state index is 12.2. The van der Waals surface area contributed by atoms with Crippen LogP contribution in [0.4, 0.5) is 0 Å². The summed E-state index contributed by atoms with van der Waals surface area (Å²) in [6.07, 6.45) is 4.18. The normalized spacial score (nSPS) is 45.0. The van der Waals surface area contributed by atoms with Gasteiger partial charge in [0, 0.05) is 5.88 Å². The number of carbonyl (C=O) groups is 1. The van der Waals surface area contributed by atoms with Gasteiger partial charge in [-0.2, -0.15) is 0 Å². The van der Waals surface area contributed by atoms with Crippen molar-refractivity contribution < 1.29 is 4.79 Å². The van der Waals surface area contributed by atoms with Crippen LogP contribution in [0.15, 0.2) is 30.3 Å². The van der Waals surface area contributed by atoms with Crippen LogP contribution in [0.2, 0.25) is 0 Å². The summed E-state index contributed by atoms with van der Waals surface area (Å²) in [6.45, 7) is 0. The van der Waals surface area contributed by atoms with Crippen LogP contribution >= 0.6 is 11.6 Å². The predicted molar refractivity (Wildman–Crippen MR) is 79.4 cm³/mol. The molecular weight excluding hydrogens is 270 g/mol. The molecule has 0 radical (unpaired) electrons. The SMILES string of the molecule is NC(=O)C12CC3CC(c4ccccc4)(CC1C3CCl)C2. The summed E-state index contributed by atoms with van der Waals surface area (Å²) < 4.78 is 0. The van der Waals surface area contributed by atoms with Crippen molar-refractivity contribution >= 4 is 17.5 Å². The second kappa shape index (κ2) is 4.00. The minimum Gasteiger partial charge on any atom is -0.369 e. The molecule has 1 aromatic rings. The first kappa shape index (κ1) is 12.7. The van der Waals surface area contributed by atoms with Crippen LogP contribution < -0.4 is 5.73 Å². The van der Waals surface area contributed by atoms with Crippen LogP contribution in [0.25, 0.3) is 0 Å². The van der Waals surface area contributed by atoms with Crippen molar-refractivity contribution in [3.8, 4) is 0 Å². The topological polar surface area (TPSA) is 43.1 Å². The van der Waals surface area contributed by atoms with Gasteiger partial charge >= 0.3 is 0 Å². The second-order valence-corrected chi connectivity index (χ2v) is 7.45. The van der Waals surface area contributed by atoms with Crippen molar-refractivity contribution in [1.82, 2.24) is 0 Å². The van der Waals surface area contributed by atoms with Gasteiger partial charge in [0.25, 0.3) is 0 Å². The molecule has 4 fully saturated rings. The summed E-state index contributed by atoms with van der Waals surface area (Å²) in [5, 5.41) is 0. The van der Waals surface area contributed by atoms with Gasteiger partial charge < -0.3 is 5.73 Å². The highest BCUT2D eigenvalue weighted by molar-refractivity contribution is 6.18. The monoisotopic (exact) mass is 289 g/mol. The van der Waals surface area contributed by atoms with E-state index in [0.717, 1.165) is 19.3 Å². The summed E-state index contributed by atoms with van der Waals surface area (Å²) in [5.74, 6) is 2.06. The summed E-state index contributed by atoms with van der Waals surface area (Å²) in [6, 6.07) is 10.7. The van der Waals surface area contributed by atoms with Crippen LogP contribution in [0.1, 0.15) is 31.2 Å². The first-order valence-corrected chi connectivity index (χ1v) is 8.06. The van der Waals surface area contributed by atoms with Crippen molar-refractivity contribution in [2.75, 3.05) is 5.88 Å². The molecule has 4 saturated carbocycles. The highest BCUT2D eigenvalue weighted by Crippen LogP contribution is 2.72. The number of benzene rings is 1. The Morgan fingerprint density at radius 2 is 2.00 bits per heavy atom. The van der Waals surface area contributed by atoms with Crippen molar-refractivity contribution in [3.05, 3.63) is 35.9 Å². The molecule has 4 aliphatic rings. The number of primary amides is 1. The summed E-state index contributed by atoms with van der Waals surface area (Å²) in [5.41, 5.74) is 7.12. The van der Waals surface area contributed by atoms with E-state index in [2.05, 4.69) is 30.3 Å². The van der Waals surface area contributed by atoms with Gasteiger partial charge in [-0.3, -0.25) is 4.79 Å². The molecule has 0 heterocycles. The van der Waals surface area contributed by atoms with E-state index in [9.17, 15) is 4.79 Å². The summed E-state index contributed by atoms with van der Waals surface area (Å²) in [4.78, 5) is 12.2. The van der Waals surface area contributed by atoms with Crippen LogP contribution in [-0.4, -0.2) is 11.8 Å². The van der Waals surface area contributed by atoms with E-state index in [-0.39, 0.29) is 16.7 Å². The maximum atomic E-state index is 12.2. The molecule has 2 N–H and O–H groups in total. The lowest BCUT2D eigenvalue weighted by Gasteiger charge is -2.42. The smallest absolute Gasteiger partial charge is 0.223 e. The van der Waals surface area contributed by atoms with Gasteiger partial charge in [-0.15, -0.1) is 11.6 Å². The second-order valence-electron chi connectivity index (χ2n) is 7.14. The predicted octanol–water partition coefficient (Wildman–Crippen LogP) is 3.08. The van der Waals surface area contributed by atoms with E-state index in [4.69, 9.17) is 17.3 Å². The quantitative estimate of drug-likeness (QED) is 0.854. The lowest BCUT2D eigenvalue weighted by Crippen LogP contribution is -2.41. The molecule has 5 unspecified atom stereocenters. The molecule has 4 bridgehead atoms. The van der Waals surface area contributed by atoms with E-state index >= 15 is 0 Å². The Hall–Kier alpha value is -1.02. The number of amides is 1. The van der Waals surface area contributed by atoms with E-state index < -0.39 is 0 Å². The third kappa shape index (κ3) is 1.38. The molecule has 106 valence electrons. The van der Waals surface area contributed by atoms with Gasteiger partial charge in [0.2, 0.25) is 5.91 Å². The average molecular weight is 290 g/mol. The molecule has 4 aliphatic carbocycles. The molecule has 1 amide bonds. The fraction of sp³-hybridized carbons (Fsp3) is 0.588. The molecule has 0 saturated heterocycles.